The molecule has 3 amide bonds. The Morgan fingerprint density at radius 2 is 1.50 bits per heavy atom. The molecule has 1 saturated heterocycles. The predicted molar refractivity (Wildman–Crippen MR) is 108 cm³/mol. The number of carboxylic acids is 2. The van der Waals surface area contributed by atoms with Gasteiger partial charge in [-0.05, 0) is 24.8 Å². The zero-order valence-electron chi connectivity index (χ0n) is 17.3. The maximum atomic E-state index is 12.9. The fraction of sp³-hybridized carbons (Fsp3) is 0.524. The van der Waals surface area contributed by atoms with Gasteiger partial charge in [-0.1, -0.05) is 30.3 Å². The molecule has 0 aromatic heterocycles. The average molecular weight is 447 g/mol. The molecule has 1 heterocycles. The predicted octanol–water partition coefficient (Wildman–Crippen LogP) is 1.04. The number of carbonyl (C=O) groups is 4. The first-order valence-electron chi connectivity index (χ1n) is 10.3. The number of ether oxygens (including phenoxy) is 1. The highest BCUT2D eigenvalue weighted by molar-refractivity contribution is 5.92. The Kier molecular flexibility index (Phi) is 5.45. The Bertz CT molecular complexity index is 916. The Hall–Kier alpha value is -3.34. The molecule has 0 spiro atoms. The number of nitrogens with one attached hydrogen (secondary N) is 1. The van der Waals surface area contributed by atoms with Crippen LogP contribution in [0.2, 0.25) is 0 Å². The molecule has 32 heavy (non-hydrogen) atoms. The number of piperazine rings is 1. The second-order valence-electron chi connectivity index (χ2n) is 8.95. The second kappa shape index (κ2) is 7.97. The Labute approximate surface area is 183 Å². The molecule has 0 unspecified atom stereocenters. The largest absolute Gasteiger partial charge is 0.480 e. The van der Waals surface area contributed by atoms with Crippen molar-refractivity contribution < 1.29 is 39.2 Å². The lowest BCUT2D eigenvalue weighted by Crippen LogP contribution is -2.78. The molecular weight excluding hydrogens is 422 g/mol. The van der Waals surface area contributed by atoms with Crippen molar-refractivity contribution in [1.82, 2.24) is 15.1 Å². The van der Waals surface area contributed by atoms with Crippen molar-refractivity contribution >= 4 is 24.1 Å². The number of benzene rings is 1. The summed E-state index contributed by atoms with van der Waals surface area (Å²) in [4.78, 5) is 49.1. The summed E-state index contributed by atoms with van der Waals surface area (Å²) in [7, 11) is 0. The molecule has 1 aromatic rings. The molecule has 4 N–H and O–H groups in total. The van der Waals surface area contributed by atoms with E-state index >= 15 is 0 Å². The number of carboxylic acid groups (broad SMARTS) is 3. The number of rotatable bonds is 7. The van der Waals surface area contributed by atoms with Gasteiger partial charge in [-0.2, -0.15) is 0 Å². The first kappa shape index (κ1) is 21.9. The first-order chi connectivity index (χ1) is 15.2. The molecule has 5 rings (SSSR count). The lowest BCUT2D eigenvalue weighted by molar-refractivity contribution is -0.187. The van der Waals surface area contributed by atoms with Crippen molar-refractivity contribution in [3.8, 4) is 0 Å². The van der Waals surface area contributed by atoms with E-state index in [9.17, 15) is 34.5 Å². The van der Waals surface area contributed by atoms with E-state index in [0.717, 1.165) is 10.5 Å². The molecular formula is C21H25N3O8. The number of urea groups is 1. The van der Waals surface area contributed by atoms with Crippen LogP contribution >= 0.6 is 0 Å². The smallest absolute Gasteiger partial charge is 0.408 e. The lowest BCUT2D eigenvalue weighted by atomic mass is 9.39. The van der Waals surface area contributed by atoms with E-state index in [-0.39, 0.29) is 18.5 Å². The minimum absolute atomic E-state index is 0.000134. The van der Waals surface area contributed by atoms with Crippen LogP contribution in [0.25, 0.3) is 0 Å². The minimum Gasteiger partial charge on any atom is -0.480 e. The molecule has 2 bridgehead atoms. The van der Waals surface area contributed by atoms with Gasteiger partial charge in [-0.15, -0.1) is 0 Å². The molecule has 172 valence electrons. The Morgan fingerprint density at radius 3 is 2.06 bits per heavy atom. The topological polar surface area (TPSA) is 157 Å². The number of nitrogens with zero attached hydrogens (tertiary/aromatic N) is 2. The molecule has 3 aliphatic carbocycles. The van der Waals surface area contributed by atoms with Crippen LogP contribution < -0.4 is 5.32 Å². The highest BCUT2D eigenvalue weighted by Crippen LogP contribution is 2.67. The van der Waals surface area contributed by atoms with Crippen LogP contribution in [0.4, 0.5) is 9.59 Å². The third-order valence-electron chi connectivity index (χ3n) is 6.60. The molecule has 1 aromatic carbocycles. The third kappa shape index (κ3) is 3.83. The third-order valence-corrected chi connectivity index (χ3v) is 6.60. The molecule has 11 nitrogen and oxygen atoms in total. The normalized spacial score (nSPS) is 30.6. The highest BCUT2D eigenvalue weighted by atomic mass is 16.5. The summed E-state index contributed by atoms with van der Waals surface area (Å²) in [5.74, 6) is -3.18. The molecule has 2 atom stereocenters. The van der Waals surface area contributed by atoms with Crippen LogP contribution in [0.1, 0.15) is 24.8 Å². The van der Waals surface area contributed by atoms with Gasteiger partial charge in [-0.3, -0.25) is 4.90 Å². The summed E-state index contributed by atoms with van der Waals surface area (Å²) in [6, 6.07) is 5.41. The van der Waals surface area contributed by atoms with Crippen LogP contribution in [0.15, 0.2) is 30.3 Å². The van der Waals surface area contributed by atoms with E-state index in [1.54, 1.807) is 0 Å². The molecule has 4 fully saturated rings. The number of aliphatic carboxylic acids is 2. The second-order valence-corrected chi connectivity index (χ2v) is 8.95. The monoisotopic (exact) mass is 447 g/mol. The van der Waals surface area contributed by atoms with Crippen molar-refractivity contribution in [2.75, 3.05) is 19.7 Å². The van der Waals surface area contributed by atoms with Crippen molar-refractivity contribution in [2.45, 2.75) is 43.5 Å². The highest BCUT2D eigenvalue weighted by Gasteiger charge is 2.69. The van der Waals surface area contributed by atoms with Gasteiger partial charge in [-0.25, -0.2) is 19.2 Å². The summed E-state index contributed by atoms with van der Waals surface area (Å²) < 4.78 is 5.83. The number of amides is 3. The summed E-state index contributed by atoms with van der Waals surface area (Å²) in [6.45, 7) is 0.580. The fourth-order valence-electron chi connectivity index (χ4n) is 5.36. The van der Waals surface area contributed by atoms with E-state index in [4.69, 9.17) is 4.74 Å². The van der Waals surface area contributed by atoms with Crippen LogP contribution in [-0.4, -0.2) is 86.5 Å². The molecule has 3 saturated carbocycles. The van der Waals surface area contributed by atoms with Gasteiger partial charge in [0.2, 0.25) is 0 Å². The summed E-state index contributed by atoms with van der Waals surface area (Å²) in [5.41, 5.74) is 0.633. The maximum absolute atomic E-state index is 12.9. The molecule has 1 aliphatic heterocycles. The van der Waals surface area contributed by atoms with Gasteiger partial charge in [0.25, 0.3) is 0 Å². The lowest BCUT2D eigenvalue weighted by Gasteiger charge is -2.70. The van der Waals surface area contributed by atoms with E-state index in [1.807, 2.05) is 30.3 Å². The van der Waals surface area contributed by atoms with E-state index in [2.05, 4.69) is 5.32 Å². The Morgan fingerprint density at radius 1 is 0.938 bits per heavy atom. The van der Waals surface area contributed by atoms with Crippen molar-refractivity contribution in [2.24, 2.45) is 5.41 Å². The van der Waals surface area contributed by atoms with E-state index in [1.165, 1.54) is 0 Å². The quantitative estimate of drug-likeness (QED) is 0.483. The summed E-state index contributed by atoms with van der Waals surface area (Å²) >= 11 is 0. The molecule has 11 heteroatoms. The standard InChI is InChI=1S/C21H25N3O8/c25-16(26)14-15(17(27)28)24(19(30)31)7-6-23(14)18(29)22-21-9-20(10-21,11-21)12-32-8-13-4-2-1-3-5-13/h1-5,14-15H,6-12H2,(H,22,29)(H,25,26)(H,27,28)(H,30,31)/t14-,15-,20?,21?/m0/s1. The number of carbonyl (C=O) groups excluding carboxylic acids is 1. The van der Waals surface area contributed by atoms with Gasteiger partial charge in [0.1, 0.15) is 0 Å². The maximum Gasteiger partial charge on any atom is 0.408 e. The number of hydrogen-bond donors (Lipinski definition) is 4. The average Bonchev–Trinajstić information content (AvgIpc) is 2.70. The van der Waals surface area contributed by atoms with Crippen molar-refractivity contribution in [3.63, 3.8) is 0 Å². The fourth-order valence-corrected chi connectivity index (χ4v) is 5.36. The van der Waals surface area contributed by atoms with Crippen LogP contribution in [0, 0.1) is 5.41 Å². The first-order valence-corrected chi connectivity index (χ1v) is 10.3. The van der Waals surface area contributed by atoms with Gasteiger partial charge in [0, 0.05) is 24.0 Å². The number of hydrogen-bond acceptors (Lipinski definition) is 5. The van der Waals surface area contributed by atoms with Crippen molar-refractivity contribution in [1.29, 1.82) is 0 Å². The van der Waals surface area contributed by atoms with Gasteiger partial charge < -0.3 is 30.3 Å². The Balaban J connectivity index is 1.33. The van der Waals surface area contributed by atoms with Crippen LogP contribution in [0.5, 0.6) is 0 Å². The summed E-state index contributed by atoms with van der Waals surface area (Å²) in [6.07, 6.45) is 0.571. The zero-order chi connectivity index (χ0) is 23.1. The van der Waals surface area contributed by atoms with Crippen LogP contribution in [-0.2, 0) is 20.9 Å². The van der Waals surface area contributed by atoms with Crippen LogP contribution in [0.3, 0.4) is 0 Å². The van der Waals surface area contributed by atoms with E-state index in [0.29, 0.717) is 37.4 Å². The molecule has 4 aliphatic rings. The SMILES string of the molecule is O=C(O)[C@@H]1[C@@H](C(=O)O)N(C(=O)NC23CC(COCc4ccccc4)(C2)C3)CCN1C(=O)O. The van der Waals surface area contributed by atoms with Gasteiger partial charge in [0.05, 0.1) is 13.2 Å². The minimum atomic E-state index is -1.88. The molecule has 0 radical (unpaired) electrons. The van der Waals surface area contributed by atoms with Crippen molar-refractivity contribution in [3.05, 3.63) is 35.9 Å². The van der Waals surface area contributed by atoms with Gasteiger partial charge in [0.15, 0.2) is 12.1 Å². The van der Waals surface area contributed by atoms with E-state index < -0.39 is 41.7 Å². The van der Waals surface area contributed by atoms with Gasteiger partial charge >= 0.3 is 24.1 Å². The summed E-state index contributed by atoms with van der Waals surface area (Å²) in [5, 5.41) is 31.1. The zero-order valence-corrected chi connectivity index (χ0v) is 17.3.